The monoisotopic (exact) mass is 461 g/mol. The average Bonchev–Trinajstić information content (AvgIpc) is 3.37. The highest BCUT2D eigenvalue weighted by atomic mass is 32.2. The van der Waals surface area contributed by atoms with Gasteiger partial charge in [-0.15, -0.1) is 11.8 Å². The lowest BCUT2D eigenvalue weighted by atomic mass is 10.0. The van der Waals surface area contributed by atoms with E-state index < -0.39 is 5.60 Å². The van der Waals surface area contributed by atoms with E-state index in [1.165, 1.54) is 28.0 Å². The van der Waals surface area contributed by atoms with Crippen LogP contribution in [0.4, 0.5) is 0 Å². The van der Waals surface area contributed by atoms with Crippen LogP contribution < -0.4 is 4.74 Å². The number of allylic oxidation sites excluding steroid dienone is 2. The van der Waals surface area contributed by atoms with Gasteiger partial charge in [-0.05, 0) is 78.8 Å². The first-order valence-corrected chi connectivity index (χ1v) is 12.6. The minimum atomic E-state index is -0.413. The van der Waals surface area contributed by atoms with Crippen LogP contribution in [0.1, 0.15) is 43.9 Å². The predicted molar refractivity (Wildman–Crippen MR) is 141 cm³/mol. The molecule has 0 amide bonds. The van der Waals surface area contributed by atoms with Crippen molar-refractivity contribution in [3.8, 4) is 17.6 Å². The minimum Gasteiger partial charge on any atom is -0.489 e. The molecule has 1 aliphatic heterocycles. The highest BCUT2D eigenvalue weighted by Crippen LogP contribution is 2.30. The van der Waals surface area contributed by atoms with Gasteiger partial charge in [-0.3, -0.25) is 4.90 Å². The predicted octanol–water partition coefficient (Wildman–Crippen LogP) is 6.55. The highest BCUT2D eigenvalue weighted by molar-refractivity contribution is 8.02. The Morgan fingerprint density at radius 1 is 1.12 bits per heavy atom. The van der Waals surface area contributed by atoms with E-state index in [4.69, 9.17) is 9.47 Å². The molecule has 0 unspecified atom stereocenters. The SMILES string of the molecule is CCN(CC=CC#CC(C)(C)OC)Cc1cccc(OCc2cccc(C3=CSCC3)c2)c1. The summed E-state index contributed by atoms with van der Waals surface area (Å²) in [5, 5.41) is 2.28. The maximum Gasteiger partial charge on any atom is 0.123 e. The number of nitrogens with zero attached hydrogens (tertiary/aromatic N) is 1. The normalized spacial score (nSPS) is 13.8. The zero-order chi connectivity index (χ0) is 23.5. The molecular weight excluding hydrogens is 426 g/mol. The molecule has 0 spiro atoms. The molecule has 0 aromatic heterocycles. The van der Waals surface area contributed by atoms with Crippen LogP contribution in [0.25, 0.3) is 5.57 Å². The Hall–Kier alpha value is -2.45. The van der Waals surface area contributed by atoms with Crippen molar-refractivity contribution >= 4 is 17.3 Å². The Balaban J connectivity index is 1.54. The van der Waals surface area contributed by atoms with Crippen LogP contribution in [-0.2, 0) is 17.9 Å². The van der Waals surface area contributed by atoms with Gasteiger partial charge in [0.25, 0.3) is 0 Å². The fourth-order valence-corrected chi connectivity index (χ4v) is 4.36. The van der Waals surface area contributed by atoms with Gasteiger partial charge in [-0.25, -0.2) is 0 Å². The Morgan fingerprint density at radius 2 is 1.94 bits per heavy atom. The third kappa shape index (κ3) is 8.44. The van der Waals surface area contributed by atoms with Gasteiger partial charge in [0.15, 0.2) is 0 Å². The molecule has 0 aliphatic carbocycles. The van der Waals surface area contributed by atoms with Gasteiger partial charge in [0.1, 0.15) is 18.0 Å². The van der Waals surface area contributed by atoms with E-state index in [1.54, 1.807) is 7.11 Å². The number of hydrogen-bond acceptors (Lipinski definition) is 4. The van der Waals surface area contributed by atoms with E-state index in [1.807, 2.05) is 37.8 Å². The first-order valence-electron chi connectivity index (χ1n) is 11.6. The maximum atomic E-state index is 6.13. The first-order chi connectivity index (χ1) is 16.0. The molecule has 174 valence electrons. The topological polar surface area (TPSA) is 21.7 Å². The third-order valence-electron chi connectivity index (χ3n) is 5.62. The number of likely N-dealkylation sites (N-methyl/N-ethyl adjacent to an activating group) is 1. The van der Waals surface area contributed by atoms with E-state index in [0.717, 1.165) is 31.8 Å². The quantitative estimate of drug-likeness (QED) is 0.374. The lowest BCUT2D eigenvalue weighted by Gasteiger charge is -2.19. The highest BCUT2D eigenvalue weighted by Gasteiger charge is 2.10. The second-order valence-electron chi connectivity index (χ2n) is 8.61. The summed E-state index contributed by atoms with van der Waals surface area (Å²) in [4.78, 5) is 2.37. The van der Waals surface area contributed by atoms with Crippen LogP contribution >= 0.6 is 11.8 Å². The fourth-order valence-electron chi connectivity index (χ4n) is 3.45. The molecular formula is C29H35NO2S. The Morgan fingerprint density at radius 3 is 2.70 bits per heavy atom. The lowest BCUT2D eigenvalue weighted by Crippen LogP contribution is -2.22. The van der Waals surface area contributed by atoms with Gasteiger partial charge in [0.05, 0.1) is 0 Å². The summed E-state index contributed by atoms with van der Waals surface area (Å²) in [5.41, 5.74) is 4.79. The zero-order valence-electron chi connectivity index (χ0n) is 20.3. The standard InChI is InChI=1S/C29H35NO2S/c1-5-30(17-8-6-7-16-29(2,3)31-4)21-24-11-10-14-28(20-24)32-22-25-12-9-13-26(19-25)27-15-18-33-23-27/h6,8-14,19-20,23H,5,15,17-18,21-22H2,1-4H3. The van der Waals surface area contributed by atoms with Crippen molar-refractivity contribution in [1.82, 2.24) is 4.90 Å². The van der Waals surface area contributed by atoms with Crippen molar-refractivity contribution in [2.45, 2.75) is 45.9 Å². The molecule has 0 N–H and O–H groups in total. The molecule has 2 aromatic carbocycles. The van der Waals surface area contributed by atoms with Gasteiger partial charge in [-0.1, -0.05) is 55.2 Å². The summed E-state index contributed by atoms with van der Waals surface area (Å²) in [6.45, 7) is 9.37. The number of thioether (sulfide) groups is 1. The molecule has 3 rings (SSSR count). The molecule has 2 aromatic rings. The van der Waals surface area contributed by atoms with E-state index >= 15 is 0 Å². The van der Waals surface area contributed by atoms with Crippen LogP contribution in [0.15, 0.2) is 66.1 Å². The van der Waals surface area contributed by atoms with E-state index in [-0.39, 0.29) is 0 Å². The number of methoxy groups -OCH3 is 1. The Kier molecular flexibility index (Phi) is 9.69. The number of benzene rings is 2. The van der Waals surface area contributed by atoms with Crippen molar-refractivity contribution < 1.29 is 9.47 Å². The van der Waals surface area contributed by atoms with Gasteiger partial charge >= 0.3 is 0 Å². The third-order valence-corrected chi connectivity index (χ3v) is 6.51. The summed E-state index contributed by atoms with van der Waals surface area (Å²) in [5.74, 6) is 8.28. The molecule has 0 fully saturated rings. The van der Waals surface area contributed by atoms with Crippen LogP contribution in [0.5, 0.6) is 5.75 Å². The molecule has 0 atom stereocenters. The first kappa shape index (κ1) is 25.2. The molecule has 1 aliphatic rings. The summed E-state index contributed by atoms with van der Waals surface area (Å²) in [6.07, 6.45) is 5.17. The molecule has 3 nitrogen and oxygen atoms in total. The summed E-state index contributed by atoms with van der Waals surface area (Å²) in [6, 6.07) is 17.1. The summed E-state index contributed by atoms with van der Waals surface area (Å²) >= 11 is 1.90. The molecule has 0 saturated heterocycles. The van der Waals surface area contributed by atoms with Crippen LogP contribution in [0.3, 0.4) is 0 Å². The van der Waals surface area contributed by atoms with Gasteiger partial charge < -0.3 is 9.47 Å². The maximum absolute atomic E-state index is 6.13. The Labute approximate surface area is 203 Å². The summed E-state index contributed by atoms with van der Waals surface area (Å²) < 4.78 is 11.5. The smallest absolute Gasteiger partial charge is 0.123 e. The fraction of sp³-hybridized carbons (Fsp3) is 0.379. The largest absolute Gasteiger partial charge is 0.489 e. The van der Waals surface area contributed by atoms with Crippen molar-refractivity contribution in [1.29, 1.82) is 0 Å². The summed E-state index contributed by atoms with van der Waals surface area (Å²) in [7, 11) is 1.68. The molecule has 0 bridgehead atoms. The van der Waals surface area contributed by atoms with Crippen molar-refractivity contribution in [2.75, 3.05) is 26.0 Å². The van der Waals surface area contributed by atoms with Crippen molar-refractivity contribution in [2.24, 2.45) is 0 Å². The molecule has 1 heterocycles. The van der Waals surface area contributed by atoms with E-state index in [0.29, 0.717) is 6.61 Å². The van der Waals surface area contributed by atoms with Gasteiger partial charge in [-0.2, -0.15) is 0 Å². The van der Waals surface area contributed by atoms with Crippen molar-refractivity contribution in [3.05, 3.63) is 82.8 Å². The Bertz CT molecular complexity index is 1030. The number of rotatable bonds is 10. The molecule has 33 heavy (non-hydrogen) atoms. The van der Waals surface area contributed by atoms with Crippen LogP contribution in [0, 0.1) is 11.8 Å². The van der Waals surface area contributed by atoms with Gasteiger partial charge in [0, 0.05) is 26.0 Å². The van der Waals surface area contributed by atoms with E-state index in [2.05, 4.69) is 77.6 Å². The average molecular weight is 462 g/mol. The lowest BCUT2D eigenvalue weighted by molar-refractivity contribution is 0.0742. The number of hydrogen-bond donors (Lipinski definition) is 0. The van der Waals surface area contributed by atoms with Crippen molar-refractivity contribution in [3.63, 3.8) is 0 Å². The van der Waals surface area contributed by atoms with E-state index in [9.17, 15) is 0 Å². The van der Waals surface area contributed by atoms with Crippen LogP contribution in [0.2, 0.25) is 0 Å². The molecule has 0 saturated carbocycles. The molecule has 4 heteroatoms. The molecule has 0 radical (unpaired) electrons. The second-order valence-corrected chi connectivity index (χ2v) is 9.59. The minimum absolute atomic E-state index is 0.413. The van der Waals surface area contributed by atoms with Crippen LogP contribution in [-0.4, -0.2) is 36.5 Å². The number of ether oxygens (including phenoxy) is 2. The van der Waals surface area contributed by atoms with Gasteiger partial charge in [0.2, 0.25) is 0 Å². The zero-order valence-corrected chi connectivity index (χ0v) is 21.1. The second kappa shape index (κ2) is 12.7.